The van der Waals surface area contributed by atoms with Crippen molar-refractivity contribution in [1.29, 1.82) is 0 Å². The Morgan fingerprint density at radius 2 is 2.20 bits per heavy atom. The summed E-state index contributed by atoms with van der Waals surface area (Å²) in [4.78, 5) is 12.2. The molecule has 0 fully saturated rings. The predicted octanol–water partition coefficient (Wildman–Crippen LogP) is 1.05. The molecule has 0 spiro atoms. The zero-order chi connectivity index (χ0) is 13.9. The van der Waals surface area contributed by atoms with Gasteiger partial charge < -0.3 is 10.6 Å². The Morgan fingerprint density at radius 3 is 2.95 bits per heavy atom. The number of fused-ring (bicyclic) bond motifs is 1. The molecule has 0 unspecified atom stereocenters. The molecular weight excluding hydrogens is 252 g/mol. The van der Waals surface area contributed by atoms with E-state index in [0.717, 1.165) is 24.2 Å². The van der Waals surface area contributed by atoms with Crippen LogP contribution in [0.15, 0.2) is 30.5 Å². The highest BCUT2D eigenvalue weighted by Gasteiger charge is 2.23. The smallest absolute Gasteiger partial charge is 0.237 e. The van der Waals surface area contributed by atoms with Crippen LogP contribution in [0.4, 0.5) is 0 Å². The highest BCUT2D eigenvalue weighted by molar-refractivity contribution is 5.82. The maximum atomic E-state index is 12.2. The van der Waals surface area contributed by atoms with Crippen LogP contribution >= 0.6 is 0 Å². The minimum Gasteiger partial charge on any atom is -0.351 e. The molecule has 2 aromatic rings. The third-order valence-corrected chi connectivity index (χ3v) is 3.79. The van der Waals surface area contributed by atoms with Crippen molar-refractivity contribution in [1.82, 2.24) is 20.8 Å². The SMILES string of the molecule is Cc1[nH]ncc1CNC(=O)[C@H]1Cc2ccccc2CN1. The van der Waals surface area contributed by atoms with Crippen molar-refractivity contribution in [2.24, 2.45) is 0 Å². The number of nitrogens with one attached hydrogen (secondary N) is 3. The second-order valence-corrected chi connectivity index (χ2v) is 5.14. The lowest BCUT2D eigenvalue weighted by molar-refractivity contribution is -0.123. The zero-order valence-corrected chi connectivity index (χ0v) is 11.4. The summed E-state index contributed by atoms with van der Waals surface area (Å²) in [6.07, 6.45) is 2.49. The average Bonchev–Trinajstić information content (AvgIpc) is 2.89. The number of rotatable bonds is 3. The fourth-order valence-corrected chi connectivity index (χ4v) is 2.50. The number of carbonyl (C=O) groups excluding carboxylic acids is 1. The highest BCUT2D eigenvalue weighted by atomic mass is 16.2. The quantitative estimate of drug-likeness (QED) is 0.781. The summed E-state index contributed by atoms with van der Waals surface area (Å²) >= 11 is 0. The molecule has 1 aromatic heterocycles. The molecule has 104 valence electrons. The fourth-order valence-electron chi connectivity index (χ4n) is 2.50. The summed E-state index contributed by atoms with van der Waals surface area (Å²) in [5, 5.41) is 13.1. The van der Waals surface area contributed by atoms with E-state index in [2.05, 4.69) is 33.0 Å². The molecule has 0 bridgehead atoms. The van der Waals surface area contributed by atoms with E-state index in [0.29, 0.717) is 6.54 Å². The minimum absolute atomic E-state index is 0.0418. The Hall–Kier alpha value is -2.14. The molecule has 3 rings (SSSR count). The van der Waals surface area contributed by atoms with Crippen molar-refractivity contribution in [3.63, 3.8) is 0 Å². The lowest BCUT2D eigenvalue weighted by Crippen LogP contribution is -2.47. The molecule has 0 saturated carbocycles. The number of aromatic nitrogens is 2. The molecule has 0 aliphatic carbocycles. The average molecular weight is 270 g/mol. The minimum atomic E-state index is -0.155. The van der Waals surface area contributed by atoms with Gasteiger partial charge in [-0.2, -0.15) is 5.10 Å². The molecule has 5 heteroatoms. The van der Waals surface area contributed by atoms with Crippen LogP contribution in [0, 0.1) is 6.92 Å². The molecule has 20 heavy (non-hydrogen) atoms. The van der Waals surface area contributed by atoms with Gasteiger partial charge in [-0.15, -0.1) is 0 Å². The normalized spacial score (nSPS) is 17.6. The Labute approximate surface area is 117 Å². The number of H-pyrrole nitrogens is 1. The number of hydrogen-bond acceptors (Lipinski definition) is 3. The monoisotopic (exact) mass is 270 g/mol. The molecule has 1 amide bonds. The molecule has 3 N–H and O–H groups in total. The highest BCUT2D eigenvalue weighted by Crippen LogP contribution is 2.16. The van der Waals surface area contributed by atoms with Gasteiger partial charge in [0.25, 0.3) is 0 Å². The summed E-state index contributed by atoms with van der Waals surface area (Å²) in [6.45, 7) is 3.21. The zero-order valence-electron chi connectivity index (χ0n) is 11.4. The van der Waals surface area contributed by atoms with Gasteiger partial charge in [0.05, 0.1) is 12.2 Å². The van der Waals surface area contributed by atoms with Crippen LogP contribution in [-0.2, 0) is 24.3 Å². The summed E-state index contributed by atoms with van der Waals surface area (Å²) in [5.74, 6) is 0.0418. The Morgan fingerprint density at radius 1 is 1.40 bits per heavy atom. The number of amides is 1. The van der Waals surface area contributed by atoms with E-state index in [9.17, 15) is 4.79 Å². The van der Waals surface area contributed by atoms with E-state index >= 15 is 0 Å². The van der Waals surface area contributed by atoms with Crippen LogP contribution in [0.3, 0.4) is 0 Å². The van der Waals surface area contributed by atoms with Crippen molar-refractivity contribution in [2.45, 2.75) is 32.5 Å². The van der Waals surface area contributed by atoms with Crippen LogP contribution in [0.1, 0.15) is 22.4 Å². The van der Waals surface area contributed by atoms with Crippen molar-refractivity contribution in [3.8, 4) is 0 Å². The van der Waals surface area contributed by atoms with Crippen LogP contribution < -0.4 is 10.6 Å². The largest absolute Gasteiger partial charge is 0.351 e. The molecule has 0 saturated heterocycles. The number of carbonyl (C=O) groups is 1. The van der Waals surface area contributed by atoms with Gasteiger partial charge >= 0.3 is 0 Å². The molecular formula is C15H18N4O. The van der Waals surface area contributed by atoms with E-state index in [-0.39, 0.29) is 11.9 Å². The maximum Gasteiger partial charge on any atom is 0.237 e. The van der Waals surface area contributed by atoms with Crippen molar-refractivity contribution < 1.29 is 4.79 Å². The first-order valence-corrected chi connectivity index (χ1v) is 6.81. The Balaban J connectivity index is 1.60. The summed E-state index contributed by atoms with van der Waals surface area (Å²) < 4.78 is 0. The summed E-state index contributed by atoms with van der Waals surface area (Å²) in [5.41, 5.74) is 4.55. The third-order valence-electron chi connectivity index (χ3n) is 3.79. The summed E-state index contributed by atoms with van der Waals surface area (Å²) in [7, 11) is 0. The van der Waals surface area contributed by atoms with Gasteiger partial charge in [0.15, 0.2) is 0 Å². The van der Waals surface area contributed by atoms with Crippen molar-refractivity contribution in [2.75, 3.05) is 0 Å². The van der Waals surface area contributed by atoms with Gasteiger partial charge in [0.1, 0.15) is 0 Å². The van der Waals surface area contributed by atoms with Gasteiger partial charge in [-0.1, -0.05) is 24.3 Å². The Kier molecular flexibility index (Phi) is 3.52. The van der Waals surface area contributed by atoms with Gasteiger partial charge in [-0.25, -0.2) is 0 Å². The van der Waals surface area contributed by atoms with Gasteiger partial charge in [0.2, 0.25) is 5.91 Å². The Bertz CT molecular complexity index is 620. The number of nitrogens with zero attached hydrogens (tertiary/aromatic N) is 1. The second-order valence-electron chi connectivity index (χ2n) is 5.14. The van der Waals surface area contributed by atoms with E-state index < -0.39 is 0 Å². The molecule has 2 heterocycles. The van der Waals surface area contributed by atoms with Crippen LogP contribution in [-0.4, -0.2) is 22.1 Å². The number of aromatic amines is 1. The molecule has 0 radical (unpaired) electrons. The lowest BCUT2D eigenvalue weighted by atomic mass is 9.95. The molecule has 5 nitrogen and oxygen atoms in total. The van der Waals surface area contributed by atoms with Gasteiger partial charge in [-0.05, 0) is 24.5 Å². The first-order chi connectivity index (χ1) is 9.74. The van der Waals surface area contributed by atoms with E-state index in [4.69, 9.17) is 0 Å². The van der Waals surface area contributed by atoms with Crippen LogP contribution in [0.5, 0.6) is 0 Å². The lowest BCUT2D eigenvalue weighted by Gasteiger charge is -2.25. The van der Waals surface area contributed by atoms with E-state index in [1.54, 1.807) is 6.20 Å². The van der Waals surface area contributed by atoms with Gasteiger partial charge in [-0.3, -0.25) is 9.89 Å². The number of hydrogen-bond donors (Lipinski definition) is 3. The first kappa shape index (κ1) is 12.9. The fraction of sp³-hybridized carbons (Fsp3) is 0.333. The summed E-state index contributed by atoms with van der Waals surface area (Å²) in [6, 6.07) is 8.09. The molecule has 1 atom stereocenters. The number of aryl methyl sites for hydroxylation is 1. The third kappa shape index (κ3) is 2.58. The van der Waals surface area contributed by atoms with Crippen LogP contribution in [0.25, 0.3) is 0 Å². The molecule has 1 aliphatic rings. The second kappa shape index (κ2) is 5.46. The van der Waals surface area contributed by atoms with Crippen molar-refractivity contribution >= 4 is 5.91 Å². The topological polar surface area (TPSA) is 69.8 Å². The van der Waals surface area contributed by atoms with E-state index in [1.807, 2.05) is 19.1 Å². The van der Waals surface area contributed by atoms with Gasteiger partial charge in [0, 0.05) is 24.3 Å². The molecule has 1 aromatic carbocycles. The van der Waals surface area contributed by atoms with Crippen molar-refractivity contribution in [3.05, 3.63) is 52.8 Å². The van der Waals surface area contributed by atoms with E-state index in [1.165, 1.54) is 11.1 Å². The number of benzene rings is 1. The van der Waals surface area contributed by atoms with Crippen LogP contribution in [0.2, 0.25) is 0 Å². The standard InChI is InChI=1S/C15H18N4O/c1-10-13(9-18-19-10)8-17-15(20)14-6-11-4-2-3-5-12(11)7-16-14/h2-5,9,14,16H,6-8H2,1H3,(H,17,20)(H,18,19)/t14-/m1/s1. The first-order valence-electron chi connectivity index (χ1n) is 6.81. The molecule has 1 aliphatic heterocycles. The predicted molar refractivity (Wildman–Crippen MR) is 75.9 cm³/mol. The maximum absolute atomic E-state index is 12.2.